The van der Waals surface area contributed by atoms with Crippen molar-refractivity contribution in [3.63, 3.8) is 0 Å². The van der Waals surface area contributed by atoms with Crippen molar-refractivity contribution in [2.75, 3.05) is 6.61 Å². The quantitative estimate of drug-likeness (QED) is 0.323. The molecule has 0 fully saturated rings. The van der Waals surface area contributed by atoms with Gasteiger partial charge < -0.3 is 9.42 Å². The molecule has 4 nitrogen and oxygen atoms in total. The molecule has 0 rings (SSSR count). The summed E-state index contributed by atoms with van der Waals surface area (Å²) in [6.07, 6.45) is -3.67. The highest BCUT2D eigenvalue weighted by atomic mass is 31.2. The van der Waals surface area contributed by atoms with Gasteiger partial charge >= 0.3 is 14.8 Å². The first-order valence-electron chi connectivity index (χ1n) is 2.58. The lowest BCUT2D eigenvalue weighted by atomic mass is 10.7. The Labute approximate surface area is 67.5 Å². The molecule has 72 valence electrons. The summed E-state index contributed by atoms with van der Waals surface area (Å²) in [7, 11) is -2.47. The third-order valence-corrected chi connectivity index (χ3v) is 1.07. The fourth-order valence-electron chi connectivity index (χ4n) is 0.220. The van der Waals surface area contributed by atoms with E-state index in [4.69, 9.17) is 4.89 Å². The number of rotatable bonds is 5. The van der Waals surface area contributed by atoms with E-state index in [1.807, 2.05) is 0 Å². The third kappa shape index (κ3) is 7.74. The second-order valence-corrected chi connectivity index (χ2v) is 2.30. The minimum absolute atomic E-state index is 0.822. The van der Waals surface area contributed by atoms with Crippen LogP contribution in [-0.4, -0.2) is 17.7 Å². The van der Waals surface area contributed by atoms with E-state index in [0.717, 1.165) is 6.26 Å². The first kappa shape index (κ1) is 11.6. The molecule has 0 saturated carbocycles. The average Bonchev–Trinajstić information content (AvgIpc) is 1.84. The van der Waals surface area contributed by atoms with Gasteiger partial charge in [-0.05, 0) is 0 Å². The molecule has 1 unspecified atom stereocenters. The molecular formula is C4H6F3O4P. The Kier molecular flexibility index (Phi) is 5.16. The smallest absolute Gasteiger partial charge is 0.423 e. The topological polar surface area (TPSA) is 47.9 Å². The summed E-state index contributed by atoms with van der Waals surface area (Å²) < 4.78 is 41.9. The second-order valence-electron chi connectivity index (χ2n) is 1.46. The van der Waals surface area contributed by atoms with E-state index < -0.39 is 21.4 Å². The Morgan fingerprint density at radius 1 is 1.50 bits per heavy atom. The third-order valence-electron chi connectivity index (χ3n) is 0.504. The minimum Gasteiger partial charge on any atom is -0.434 e. The van der Waals surface area contributed by atoms with Gasteiger partial charge in [-0.1, -0.05) is 6.58 Å². The summed E-state index contributed by atoms with van der Waals surface area (Å²) in [5.41, 5.74) is 0. The Hall–Kier alpha value is -0.360. The van der Waals surface area contributed by atoms with Gasteiger partial charge in [0.1, 0.15) is 0 Å². The molecule has 0 aliphatic heterocycles. The average molecular weight is 206 g/mol. The predicted molar refractivity (Wildman–Crippen MR) is 33.5 cm³/mol. The normalized spacial score (nSPS) is 14.0. The van der Waals surface area contributed by atoms with Crippen molar-refractivity contribution in [1.29, 1.82) is 0 Å². The van der Waals surface area contributed by atoms with Crippen molar-refractivity contribution in [2.45, 2.75) is 6.18 Å². The van der Waals surface area contributed by atoms with Gasteiger partial charge in [0.15, 0.2) is 6.61 Å². The Morgan fingerprint density at radius 2 is 2.08 bits per heavy atom. The van der Waals surface area contributed by atoms with E-state index in [0.29, 0.717) is 0 Å². The van der Waals surface area contributed by atoms with E-state index in [1.54, 1.807) is 0 Å². The molecular weight excluding hydrogens is 200 g/mol. The molecule has 1 N–H and O–H groups in total. The van der Waals surface area contributed by atoms with Crippen molar-refractivity contribution in [1.82, 2.24) is 0 Å². The molecule has 0 heterocycles. The van der Waals surface area contributed by atoms with Crippen LogP contribution < -0.4 is 0 Å². The van der Waals surface area contributed by atoms with Crippen molar-refractivity contribution >= 4 is 8.60 Å². The van der Waals surface area contributed by atoms with Crippen LogP contribution in [0.2, 0.25) is 0 Å². The number of halogens is 3. The van der Waals surface area contributed by atoms with Gasteiger partial charge in [0.2, 0.25) is 0 Å². The molecule has 0 aliphatic rings. The second kappa shape index (κ2) is 5.31. The molecule has 0 saturated heterocycles. The van der Waals surface area contributed by atoms with Crippen LogP contribution in [0, 0.1) is 0 Å². The standard InChI is InChI=1S/C4H6F3O4P/c1-2-10-12(8)11-9-3-4(5,6)7/h2,8H,1,3H2. The molecule has 0 radical (unpaired) electrons. The molecule has 0 aliphatic carbocycles. The van der Waals surface area contributed by atoms with Crippen LogP contribution in [0.25, 0.3) is 0 Å². The molecule has 0 amide bonds. The molecule has 0 spiro atoms. The summed E-state index contributed by atoms with van der Waals surface area (Å²) >= 11 is 0. The maximum atomic E-state index is 11.4. The van der Waals surface area contributed by atoms with E-state index >= 15 is 0 Å². The van der Waals surface area contributed by atoms with Crippen molar-refractivity contribution in [3.8, 4) is 0 Å². The Bertz CT molecular complexity index is 139. The highest BCUT2D eigenvalue weighted by molar-refractivity contribution is 7.40. The molecule has 1 atom stereocenters. The number of hydrogen-bond donors (Lipinski definition) is 1. The van der Waals surface area contributed by atoms with Crippen LogP contribution >= 0.6 is 8.60 Å². The number of alkyl halides is 3. The molecule has 0 bridgehead atoms. The largest absolute Gasteiger partial charge is 0.434 e. The fourth-order valence-corrected chi connectivity index (χ4v) is 0.525. The molecule has 0 aromatic carbocycles. The minimum atomic E-state index is -4.50. The fraction of sp³-hybridized carbons (Fsp3) is 0.500. The van der Waals surface area contributed by atoms with Crippen molar-refractivity contribution in [2.24, 2.45) is 0 Å². The highest BCUT2D eigenvalue weighted by Gasteiger charge is 2.29. The zero-order valence-electron chi connectivity index (χ0n) is 5.74. The summed E-state index contributed by atoms with van der Waals surface area (Å²) in [6.45, 7) is 1.43. The summed E-state index contributed by atoms with van der Waals surface area (Å²) in [4.78, 5) is 12.1. The van der Waals surface area contributed by atoms with Crippen LogP contribution in [-0.2, 0) is 14.1 Å². The summed E-state index contributed by atoms with van der Waals surface area (Å²) in [5.74, 6) is 0. The van der Waals surface area contributed by atoms with Gasteiger partial charge in [-0.3, -0.25) is 0 Å². The molecule has 0 aromatic heterocycles. The first-order valence-corrected chi connectivity index (χ1v) is 3.72. The number of hydrogen-bond acceptors (Lipinski definition) is 4. The maximum Gasteiger partial charge on any atom is 0.423 e. The zero-order valence-corrected chi connectivity index (χ0v) is 6.64. The molecule has 8 heteroatoms. The monoisotopic (exact) mass is 206 g/mol. The van der Waals surface area contributed by atoms with Gasteiger partial charge in [-0.25, -0.2) is 4.89 Å². The van der Waals surface area contributed by atoms with Crippen LogP contribution in [0.5, 0.6) is 0 Å². The first-order chi connectivity index (χ1) is 5.45. The van der Waals surface area contributed by atoms with Crippen molar-refractivity contribution in [3.05, 3.63) is 12.8 Å². The maximum absolute atomic E-state index is 11.4. The van der Waals surface area contributed by atoms with Crippen LogP contribution in [0.4, 0.5) is 13.2 Å². The van der Waals surface area contributed by atoms with Crippen LogP contribution in [0.3, 0.4) is 0 Å². The van der Waals surface area contributed by atoms with E-state index in [2.05, 4.69) is 20.7 Å². The van der Waals surface area contributed by atoms with E-state index in [1.165, 1.54) is 0 Å². The SMILES string of the molecule is C=COP(O)OOCC(F)(F)F. The summed E-state index contributed by atoms with van der Waals surface area (Å²) in [5, 5.41) is 0. The lowest BCUT2D eigenvalue weighted by Crippen LogP contribution is -2.16. The highest BCUT2D eigenvalue weighted by Crippen LogP contribution is 2.33. The van der Waals surface area contributed by atoms with Crippen LogP contribution in [0.15, 0.2) is 12.8 Å². The van der Waals surface area contributed by atoms with Gasteiger partial charge in [-0.2, -0.15) is 13.2 Å². The Morgan fingerprint density at radius 3 is 2.50 bits per heavy atom. The summed E-state index contributed by atoms with van der Waals surface area (Å²) in [6, 6.07) is 0. The Balaban J connectivity index is 3.36. The van der Waals surface area contributed by atoms with E-state index in [-0.39, 0.29) is 0 Å². The van der Waals surface area contributed by atoms with Gasteiger partial charge in [0.05, 0.1) is 6.26 Å². The van der Waals surface area contributed by atoms with Gasteiger partial charge in [0, 0.05) is 0 Å². The van der Waals surface area contributed by atoms with Gasteiger partial charge in [0.25, 0.3) is 0 Å². The lowest BCUT2D eigenvalue weighted by Gasteiger charge is -2.08. The van der Waals surface area contributed by atoms with E-state index in [9.17, 15) is 13.2 Å². The zero-order chi connectivity index (χ0) is 9.61. The molecule has 0 aromatic rings. The van der Waals surface area contributed by atoms with Crippen LogP contribution in [0.1, 0.15) is 0 Å². The van der Waals surface area contributed by atoms with Crippen molar-refractivity contribution < 1.29 is 32.2 Å². The van der Waals surface area contributed by atoms with Gasteiger partial charge in [-0.15, -0.1) is 4.67 Å². The lowest BCUT2D eigenvalue weighted by molar-refractivity contribution is -0.286. The predicted octanol–water partition coefficient (Wildman–Crippen LogP) is 1.88. The molecule has 12 heavy (non-hydrogen) atoms.